The molecule has 0 radical (unpaired) electrons. The molecule has 0 aliphatic heterocycles. The number of rotatable bonds is 7. The number of nitrogens with zero attached hydrogens (tertiary/aromatic N) is 2. The number of hydrogen-bond acceptors (Lipinski definition) is 4. The van der Waals surface area contributed by atoms with E-state index in [1.165, 1.54) is 18.5 Å². The van der Waals surface area contributed by atoms with Crippen LogP contribution in [0.3, 0.4) is 0 Å². The van der Waals surface area contributed by atoms with Gasteiger partial charge in [0.15, 0.2) is 0 Å². The van der Waals surface area contributed by atoms with Gasteiger partial charge >= 0.3 is 0 Å². The molecule has 1 aromatic heterocycles. The molecule has 2 aromatic rings. The number of nitrogens with one attached hydrogen (secondary N) is 2. The SMILES string of the molecule is CCCNc1cnc(C(=O)NCCc2ccccc2F)cn1. The number of halogens is 1. The minimum Gasteiger partial charge on any atom is -0.369 e. The summed E-state index contributed by atoms with van der Waals surface area (Å²) in [5, 5.41) is 5.79. The third-order valence-electron chi connectivity index (χ3n) is 3.08. The zero-order valence-corrected chi connectivity index (χ0v) is 12.5. The molecule has 0 aliphatic carbocycles. The highest BCUT2D eigenvalue weighted by atomic mass is 19.1. The van der Waals surface area contributed by atoms with Gasteiger partial charge in [-0.2, -0.15) is 0 Å². The van der Waals surface area contributed by atoms with Crippen LogP contribution in [0.25, 0.3) is 0 Å². The molecule has 0 saturated carbocycles. The van der Waals surface area contributed by atoms with E-state index >= 15 is 0 Å². The number of aromatic nitrogens is 2. The Balaban J connectivity index is 1.83. The van der Waals surface area contributed by atoms with Crippen LogP contribution in [0.4, 0.5) is 10.2 Å². The van der Waals surface area contributed by atoms with Gasteiger partial charge in [-0.3, -0.25) is 4.79 Å². The molecule has 0 spiro atoms. The summed E-state index contributed by atoms with van der Waals surface area (Å²) in [6, 6.07) is 6.52. The van der Waals surface area contributed by atoms with Gasteiger partial charge in [0.2, 0.25) is 0 Å². The topological polar surface area (TPSA) is 66.9 Å². The first-order valence-corrected chi connectivity index (χ1v) is 7.28. The number of carbonyl (C=O) groups excluding carboxylic acids is 1. The molecule has 0 bridgehead atoms. The molecule has 1 aromatic carbocycles. The van der Waals surface area contributed by atoms with Crippen molar-refractivity contribution in [1.29, 1.82) is 0 Å². The Hall–Kier alpha value is -2.50. The van der Waals surface area contributed by atoms with Crippen LogP contribution < -0.4 is 10.6 Å². The predicted octanol–water partition coefficient (Wildman–Crippen LogP) is 2.41. The minimum absolute atomic E-state index is 0.246. The average molecular weight is 302 g/mol. The molecule has 0 atom stereocenters. The third-order valence-corrected chi connectivity index (χ3v) is 3.08. The first kappa shape index (κ1) is 15.9. The van der Waals surface area contributed by atoms with E-state index in [-0.39, 0.29) is 17.4 Å². The number of amides is 1. The summed E-state index contributed by atoms with van der Waals surface area (Å²) in [6.45, 7) is 3.21. The van der Waals surface area contributed by atoms with E-state index in [2.05, 4.69) is 27.5 Å². The number of hydrogen-bond donors (Lipinski definition) is 2. The molecule has 116 valence electrons. The minimum atomic E-state index is -0.314. The lowest BCUT2D eigenvalue weighted by Crippen LogP contribution is -2.27. The summed E-state index contributed by atoms with van der Waals surface area (Å²) in [5.41, 5.74) is 0.823. The van der Waals surface area contributed by atoms with Gasteiger partial charge < -0.3 is 10.6 Å². The van der Waals surface area contributed by atoms with Gasteiger partial charge in [-0.1, -0.05) is 25.1 Å². The monoisotopic (exact) mass is 302 g/mol. The second-order valence-corrected chi connectivity index (χ2v) is 4.81. The fourth-order valence-electron chi connectivity index (χ4n) is 1.89. The molecule has 1 heterocycles. The van der Waals surface area contributed by atoms with Crippen LogP contribution in [0.2, 0.25) is 0 Å². The summed E-state index contributed by atoms with van der Waals surface area (Å²) in [5.74, 6) is 0.0681. The molecule has 5 nitrogen and oxygen atoms in total. The van der Waals surface area contributed by atoms with E-state index in [0.29, 0.717) is 24.3 Å². The standard InChI is InChI=1S/C16H19FN4O/c1-2-8-18-15-11-20-14(10-21-15)16(22)19-9-7-12-5-3-4-6-13(12)17/h3-6,10-11H,2,7-9H2,1H3,(H,18,21)(H,19,22). The van der Waals surface area contributed by atoms with E-state index in [4.69, 9.17) is 0 Å². The molecule has 2 rings (SSSR count). The lowest BCUT2D eigenvalue weighted by atomic mass is 10.1. The number of anilines is 1. The van der Waals surface area contributed by atoms with Crippen molar-refractivity contribution < 1.29 is 9.18 Å². The highest BCUT2D eigenvalue weighted by Crippen LogP contribution is 2.06. The summed E-state index contributed by atoms with van der Waals surface area (Å²) < 4.78 is 13.4. The van der Waals surface area contributed by atoms with Gasteiger partial charge in [0, 0.05) is 13.1 Å². The third kappa shape index (κ3) is 4.51. The van der Waals surface area contributed by atoms with Crippen molar-refractivity contribution in [2.75, 3.05) is 18.4 Å². The zero-order valence-electron chi connectivity index (χ0n) is 12.5. The quantitative estimate of drug-likeness (QED) is 0.824. The fourth-order valence-corrected chi connectivity index (χ4v) is 1.89. The molecule has 0 saturated heterocycles. The van der Waals surface area contributed by atoms with Gasteiger partial charge in [0.05, 0.1) is 12.4 Å². The van der Waals surface area contributed by atoms with E-state index in [0.717, 1.165) is 13.0 Å². The van der Waals surface area contributed by atoms with Crippen molar-refractivity contribution in [3.05, 3.63) is 53.7 Å². The van der Waals surface area contributed by atoms with Crippen LogP contribution in [0, 0.1) is 5.82 Å². The van der Waals surface area contributed by atoms with E-state index in [9.17, 15) is 9.18 Å². The molecule has 0 unspecified atom stereocenters. The van der Waals surface area contributed by atoms with E-state index < -0.39 is 0 Å². The molecule has 0 aliphatic rings. The maximum atomic E-state index is 13.4. The van der Waals surface area contributed by atoms with Crippen LogP contribution in [0.5, 0.6) is 0 Å². The lowest BCUT2D eigenvalue weighted by Gasteiger charge is -2.06. The largest absolute Gasteiger partial charge is 0.369 e. The molecule has 1 amide bonds. The molecular weight excluding hydrogens is 283 g/mol. The van der Waals surface area contributed by atoms with Crippen LogP contribution in [0.15, 0.2) is 36.7 Å². The molecule has 22 heavy (non-hydrogen) atoms. The smallest absolute Gasteiger partial charge is 0.271 e. The molecule has 2 N–H and O–H groups in total. The summed E-state index contributed by atoms with van der Waals surface area (Å²) in [6.07, 6.45) is 4.37. The Bertz CT molecular complexity index is 616. The Kier molecular flexibility index (Phi) is 5.82. The van der Waals surface area contributed by atoms with E-state index in [1.807, 2.05) is 0 Å². The lowest BCUT2D eigenvalue weighted by molar-refractivity contribution is 0.0948. The number of benzene rings is 1. The van der Waals surface area contributed by atoms with Gasteiger partial charge in [-0.05, 0) is 24.5 Å². The maximum Gasteiger partial charge on any atom is 0.271 e. The molecule has 6 heteroatoms. The second-order valence-electron chi connectivity index (χ2n) is 4.81. The van der Waals surface area contributed by atoms with Crippen molar-refractivity contribution in [2.24, 2.45) is 0 Å². The fraction of sp³-hybridized carbons (Fsp3) is 0.312. The molecule has 0 fully saturated rings. The van der Waals surface area contributed by atoms with Gasteiger partial charge in [0.1, 0.15) is 17.3 Å². The average Bonchev–Trinajstić information content (AvgIpc) is 2.55. The highest BCUT2D eigenvalue weighted by Gasteiger charge is 2.08. The van der Waals surface area contributed by atoms with Crippen molar-refractivity contribution in [3.63, 3.8) is 0 Å². The highest BCUT2D eigenvalue weighted by molar-refractivity contribution is 5.91. The Morgan fingerprint density at radius 3 is 2.68 bits per heavy atom. The summed E-state index contributed by atoms with van der Waals surface area (Å²) >= 11 is 0. The predicted molar refractivity (Wildman–Crippen MR) is 83.2 cm³/mol. The van der Waals surface area contributed by atoms with Crippen LogP contribution in [0.1, 0.15) is 29.4 Å². The van der Waals surface area contributed by atoms with Crippen molar-refractivity contribution in [2.45, 2.75) is 19.8 Å². The maximum absolute atomic E-state index is 13.4. The van der Waals surface area contributed by atoms with Crippen LogP contribution in [-0.4, -0.2) is 29.0 Å². The van der Waals surface area contributed by atoms with Gasteiger partial charge in [0.25, 0.3) is 5.91 Å². The second kappa shape index (κ2) is 8.07. The van der Waals surface area contributed by atoms with Crippen molar-refractivity contribution >= 4 is 11.7 Å². The number of carbonyl (C=O) groups is 1. The van der Waals surface area contributed by atoms with Gasteiger partial charge in [-0.25, -0.2) is 14.4 Å². The summed E-state index contributed by atoms with van der Waals surface area (Å²) in [7, 11) is 0. The summed E-state index contributed by atoms with van der Waals surface area (Å²) in [4.78, 5) is 20.1. The first-order valence-electron chi connectivity index (χ1n) is 7.28. The first-order chi connectivity index (χ1) is 10.7. The zero-order chi connectivity index (χ0) is 15.8. The molecular formula is C16H19FN4O. The van der Waals surface area contributed by atoms with E-state index in [1.54, 1.807) is 18.2 Å². The van der Waals surface area contributed by atoms with Crippen LogP contribution in [-0.2, 0) is 6.42 Å². The van der Waals surface area contributed by atoms with Crippen molar-refractivity contribution in [3.8, 4) is 0 Å². The van der Waals surface area contributed by atoms with Crippen LogP contribution >= 0.6 is 0 Å². The Morgan fingerprint density at radius 2 is 2.00 bits per heavy atom. The van der Waals surface area contributed by atoms with Gasteiger partial charge in [-0.15, -0.1) is 0 Å². The normalized spacial score (nSPS) is 10.3. The van der Waals surface area contributed by atoms with Crippen molar-refractivity contribution in [1.82, 2.24) is 15.3 Å². The Morgan fingerprint density at radius 1 is 1.18 bits per heavy atom. The Labute approximate surface area is 129 Å².